The molecule has 0 aliphatic carbocycles. The molecule has 0 amide bonds. The fourth-order valence-corrected chi connectivity index (χ4v) is 2.84. The van der Waals surface area contributed by atoms with Crippen LogP contribution in [0.4, 0.5) is 5.69 Å². The number of anilines is 1. The molecular formula is C18H21N. The molecule has 0 fully saturated rings. The Morgan fingerprint density at radius 2 is 2.00 bits per heavy atom. The highest BCUT2D eigenvalue weighted by atomic mass is 14.9. The Balaban J connectivity index is 1.85. The normalized spacial score (nSPS) is 17.7. The number of benzene rings is 2. The summed E-state index contributed by atoms with van der Waals surface area (Å²) in [5, 5.41) is 3.56. The molecule has 2 aromatic carbocycles. The predicted octanol–water partition coefficient (Wildman–Crippen LogP) is 4.33. The summed E-state index contributed by atoms with van der Waals surface area (Å²) in [6.45, 7) is 4.45. The molecule has 19 heavy (non-hydrogen) atoms. The third kappa shape index (κ3) is 2.65. The van der Waals surface area contributed by atoms with E-state index in [1.54, 1.807) is 0 Å². The highest BCUT2D eigenvalue weighted by Gasteiger charge is 2.14. The fraction of sp³-hybridized carbons (Fsp3) is 0.333. The van der Waals surface area contributed by atoms with Gasteiger partial charge in [0, 0.05) is 11.7 Å². The van der Waals surface area contributed by atoms with Gasteiger partial charge in [0.2, 0.25) is 0 Å². The first kappa shape index (κ1) is 12.3. The van der Waals surface area contributed by atoms with Crippen LogP contribution >= 0.6 is 0 Å². The van der Waals surface area contributed by atoms with Gasteiger partial charge >= 0.3 is 0 Å². The molecule has 98 valence electrons. The van der Waals surface area contributed by atoms with Crippen molar-refractivity contribution in [3.63, 3.8) is 0 Å². The van der Waals surface area contributed by atoms with Crippen LogP contribution in [0, 0.1) is 6.92 Å². The monoisotopic (exact) mass is 251 g/mol. The van der Waals surface area contributed by atoms with Gasteiger partial charge in [-0.2, -0.15) is 0 Å². The van der Waals surface area contributed by atoms with Gasteiger partial charge in [0.25, 0.3) is 0 Å². The van der Waals surface area contributed by atoms with Crippen molar-refractivity contribution >= 4 is 5.69 Å². The van der Waals surface area contributed by atoms with Gasteiger partial charge in [-0.3, -0.25) is 0 Å². The first-order valence-electron chi connectivity index (χ1n) is 7.15. The Morgan fingerprint density at radius 1 is 1.16 bits per heavy atom. The summed E-state index contributed by atoms with van der Waals surface area (Å²) < 4.78 is 0. The van der Waals surface area contributed by atoms with Crippen molar-refractivity contribution in [3.05, 3.63) is 64.7 Å². The van der Waals surface area contributed by atoms with Crippen LogP contribution in [-0.2, 0) is 12.8 Å². The average Bonchev–Trinajstić information content (AvgIpc) is 2.41. The summed E-state index contributed by atoms with van der Waals surface area (Å²) in [5.74, 6) is 0. The molecule has 1 N–H and O–H groups in total. The molecule has 1 unspecified atom stereocenters. The van der Waals surface area contributed by atoms with Crippen LogP contribution in [0.5, 0.6) is 0 Å². The molecule has 1 nitrogen and oxygen atoms in total. The molecule has 0 bridgehead atoms. The zero-order valence-electron chi connectivity index (χ0n) is 11.7. The summed E-state index contributed by atoms with van der Waals surface area (Å²) in [5.41, 5.74) is 7.03. The van der Waals surface area contributed by atoms with E-state index in [4.69, 9.17) is 0 Å². The first-order valence-corrected chi connectivity index (χ1v) is 7.15. The second-order valence-electron chi connectivity index (χ2n) is 5.68. The topological polar surface area (TPSA) is 12.0 Å². The summed E-state index contributed by atoms with van der Waals surface area (Å²) >= 11 is 0. The standard InChI is InChI=1S/C18H21N/c1-13-5-3-4-6-16(13)11-15-8-10-18-17(12-15)9-7-14(2)19-18/h3-6,8,10,12,14,19H,7,9,11H2,1-2H3. The summed E-state index contributed by atoms with van der Waals surface area (Å²) in [6, 6.07) is 16.2. The minimum atomic E-state index is 0.606. The summed E-state index contributed by atoms with van der Waals surface area (Å²) in [7, 11) is 0. The van der Waals surface area contributed by atoms with Gasteiger partial charge in [0.1, 0.15) is 0 Å². The SMILES string of the molecule is Cc1ccccc1Cc1ccc2c(c1)CCC(C)N2. The van der Waals surface area contributed by atoms with Gasteiger partial charge in [-0.25, -0.2) is 0 Å². The van der Waals surface area contributed by atoms with Crippen LogP contribution in [-0.4, -0.2) is 6.04 Å². The number of nitrogens with one attached hydrogen (secondary N) is 1. The number of fused-ring (bicyclic) bond motifs is 1. The molecule has 0 saturated carbocycles. The first-order chi connectivity index (χ1) is 9.22. The van der Waals surface area contributed by atoms with E-state index in [0.717, 1.165) is 6.42 Å². The van der Waals surface area contributed by atoms with Crippen molar-refractivity contribution in [2.45, 2.75) is 39.2 Å². The number of rotatable bonds is 2. The molecule has 1 aliphatic heterocycles. The van der Waals surface area contributed by atoms with Crippen LogP contribution in [0.15, 0.2) is 42.5 Å². The lowest BCUT2D eigenvalue weighted by molar-refractivity contribution is 0.680. The summed E-state index contributed by atoms with van der Waals surface area (Å²) in [4.78, 5) is 0. The van der Waals surface area contributed by atoms with E-state index >= 15 is 0 Å². The van der Waals surface area contributed by atoms with Gasteiger partial charge < -0.3 is 5.32 Å². The van der Waals surface area contributed by atoms with E-state index < -0.39 is 0 Å². The molecule has 0 aromatic heterocycles. The molecule has 1 atom stereocenters. The lowest BCUT2D eigenvalue weighted by Gasteiger charge is -2.24. The van der Waals surface area contributed by atoms with Crippen molar-refractivity contribution in [1.82, 2.24) is 0 Å². The molecule has 3 rings (SSSR count). The predicted molar refractivity (Wildman–Crippen MR) is 81.8 cm³/mol. The maximum atomic E-state index is 3.56. The lowest BCUT2D eigenvalue weighted by Crippen LogP contribution is -2.21. The zero-order valence-corrected chi connectivity index (χ0v) is 11.7. The average molecular weight is 251 g/mol. The van der Waals surface area contributed by atoms with E-state index in [0.29, 0.717) is 6.04 Å². The molecule has 2 aromatic rings. The fourth-order valence-electron chi connectivity index (χ4n) is 2.84. The zero-order chi connectivity index (χ0) is 13.2. The van der Waals surface area contributed by atoms with Gasteiger partial charge in [0.05, 0.1) is 0 Å². The third-order valence-electron chi connectivity index (χ3n) is 4.07. The van der Waals surface area contributed by atoms with Crippen LogP contribution in [0.25, 0.3) is 0 Å². The van der Waals surface area contributed by atoms with Gasteiger partial charge in [0.15, 0.2) is 0 Å². The minimum Gasteiger partial charge on any atom is -0.382 e. The molecular weight excluding hydrogens is 230 g/mol. The van der Waals surface area contributed by atoms with Crippen LogP contribution < -0.4 is 5.32 Å². The third-order valence-corrected chi connectivity index (χ3v) is 4.07. The van der Waals surface area contributed by atoms with Gasteiger partial charge in [-0.1, -0.05) is 36.4 Å². The van der Waals surface area contributed by atoms with E-state index in [1.807, 2.05) is 0 Å². The molecule has 1 heterocycles. The van der Waals surface area contributed by atoms with Crippen LogP contribution in [0.3, 0.4) is 0 Å². The molecule has 1 heteroatoms. The second kappa shape index (κ2) is 5.08. The Kier molecular flexibility index (Phi) is 3.29. The number of hydrogen-bond donors (Lipinski definition) is 1. The van der Waals surface area contributed by atoms with Crippen LogP contribution in [0.1, 0.15) is 35.6 Å². The summed E-state index contributed by atoms with van der Waals surface area (Å²) in [6.07, 6.45) is 3.47. The van der Waals surface area contributed by atoms with Crippen molar-refractivity contribution in [1.29, 1.82) is 0 Å². The maximum absolute atomic E-state index is 3.56. The van der Waals surface area contributed by atoms with Crippen molar-refractivity contribution in [2.24, 2.45) is 0 Å². The Labute approximate surface area is 115 Å². The van der Waals surface area contributed by atoms with E-state index in [9.17, 15) is 0 Å². The number of aryl methyl sites for hydroxylation is 2. The van der Waals surface area contributed by atoms with E-state index in [-0.39, 0.29) is 0 Å². The molecule has 1 aliphatic rings. The lowest BCUT2D eigenvalue weighted by atomic mass is 9.94. The molecule has 0 radical (unpaired) electrons. The van der Waals surface area contributed by atoms with E-state index in [1.165, 1.54) is 40.8 Å². The second-order valence-corrected chi connectivity index (χ2v) is 5.68. The smallest absolute Gasteiger partial charge is 0.0374 e. The minimum absolute atomic E-state index is 0.606. The van der Waals surface area contributed by atoms with Crippen LogP contribution in [0.2, 0.25) is 0 Å². The quantitative estimate of drug-likeness (QED) is 0.837. The van der Waals surface area contributed by atoms with Crippen molar-refractivity contribution < 1.29 is 0 Å². The Morgan fingerprint density at radius 3 is 2.84 bits per heavy atom. The highest BCUT2D eigenvalue weighted by Crippen LogP contribution is 2.26. The van der Waals surface area contributed by atoms with Gasteiger partial charge in [-0.15, -0.1) is 0 Å². The molecule has 0 saturated heterocycles. The Bertz CT molecular complexity index is 586. The van der Waals surface area contributed by atoms with E-state index in [2.05, 4.69) is 61.6 Å². The maximum Gasteiger partial charge on any atom is 0.0374 e. The number of hydrogen-bond acceptors (Lipinski definition) is 1. The van der Waals surface area contributed by atoms with Crippen molar-refractivity contribution in [3.8, 4) is 0 Å². The Hall–Kier alpha value is -1.76. The highest BCUT2D eigenvalue weighted by molar-refractivity contribution is 5.55. The molecule has 0 spiro atoms. The largest absolute Gasteiger partial charge is 0.382 e. The van der Waals surface area contributed by atoms with Crippen molar-refractivity contribution in [2.75, 3.05) is 5.32 Å². The van der Waals surface area contributed by atoms with Gasteiger partial charge in [-0.05, 0) is 61.4 Å².